The highest BCUT2D eigenvalue weighted by molar-refractivity contribution is 5.94. The van der Waals surface area contributed by atoms with Crippen LogP contribution in [-0.4, -0.2) is 35.5 Å². The first-order valence-corrected chi connectivity index (χ1v) is 6.81. The van der Waals surface area contributed by atoms with Crippen molar-refractivity contribution < 1.29 is 13.9 Å². The molecule has 4 nitrogen and oxygen atoms in total. The summed E-state index contributed by atoms with van der Waals surface area (Å²) in [5.74, 6) is -0.459. The van der Waals surface area contributed by atoms with Gasteiger partial charge in [0.15, 0.2) is 0 Å². The average Bonchev–Trinajstić information content (AvgIpc) is 2.56. The van der Waals surface area contributed by atoms with Crippen LogP contribution in [0.5, 0.6) is 0 Å². The van der Waals surface area contributed by atoms with Crippen molar-refractivity contribution in [2.45, 2.75) is 6.10 Å². The summed E-state index contributed by atoms with van der Waals surface area (Å²) >= 11 is 0. The summed E-state index contributed by atoms with van der Waals surface area (Å²) in [6.07, 6.45) is 1.49. The standard InChI is InChI=1S/C16H15FN2O2/c17-13-6-4-12(5-7-13)16(20)19-9-10-21-15(11-19)14-3-1-2-8-18-14/h1-8,15H,9-11H2/t15-/m1/s1. The summed E-state index contributed by atoms with van der Waals surface area (Å²) in [6, 6.07) is 11.2. The van der Waals surface area contributed by atoms with Gasteiger partial charge in [0, 0.05) is 18.3 Å². The molecule has 1 aromatic carbocycles. The van der Waals surface area contributed by atoms with Crippen molar-refractivity contribution in [2.24, 2.45) is 0 Å². The van der Waals surface area contributed by atoms with Crippen molar-refractivity contribution >= 4 is 5.91 Å². The average molecular weight is 286 g/mol. The van der Waals surface area contributed by atoms with E-state index in [-0.39, 0.29) is 17.8 Å². The van der Waals surface area contributed by atoms with Gasteiger partial charge in [-0.3, -0.25) is 9.78 Å². The summed E-state index contributed by atoms with van der Waals surface area (Å²) in [4.78, 5) is 18.4. The summed E-state index contributed by atoms with van der Waals surface area (Å²) in [5.41, 5.74) is 1.30. The number of halogens is 1. The normalized spacial score (nSPS) is 18.5. The number of benzene rings is 1. The molecule has 0 bridgehead atoms. The predicted molar refractivity (Wildman–Crippen MR) is 75.2 cm³/mol. The molecule has 2 aromatic rings. The van der Waals surface area contributed by atoms with Gasteiger partial charge in [0.05, 0.1) is 18.8 Å². The number of carbonyl (C=O) groups is 1. The van der Waals surface area contributed by atoms with Gasteiger partial charge in [-0.05, 0) is 36.4 Å². The van der Waals surface area contributed by atoms with Crippen molar-refractivity contribution in [3.8, 4) is 0 Å². The fourth-order valence-corrected chi connectivity index (χ4v) is 2.35. The second-order valence-electron chi connectivity index (χ2n) is 4.87. The number of hydrogen-bond donors (Lipinski definition) is 0. The minimum absolute atomic E-state index is 0.112. The van der Waals surface area contributed by atoms with Gasteiger partial charge in [-0.15, -0.1) is 0 Å². The van der Waals surface area contributed by atoms with Gasteiger partial charge in [0.2, 0.25) is 0 Å². The van der Waals surface area contributed by atoms with Crippen LogP contribution < -0.4 is 0 Å². The van der Waals surface area contributed by atoms with E-state index >= 15 is 0 Å². The molecule has 0 aliphatic carbocycles. The van der Waals surface area contributed by atoms with Crippen LogP contribution in [0.25, 0.3) is 0 Å². The second-order valence-corrected chi connectivity index (χ2v) is 4.87. The van der Waals surface area contributed by atoms with Crippen LogP contribution in [0, 0.1) is 5.82 Å². The molecule has 5 heteroatoms. The van der Waals surface area contributed by atoms with E-state index in [1.54, 1.807) is 11.1 Å². The lowest BCUT2D eigenvalue weighted by molar-refractivity contribution is -0.0247. The molecule has 0 unspecified atom stereocenters. The Morgan fingerprint density at radius 1 is 1.24 bits per heavy atom. The van der Waals surface area contributed by atoms with Gasteiger partial charge in [-0.2, -0.15) is 0 Å². The number of rotatable bonds is 2. The lowest BCUT2D eigenvalue weighted by atomic mass is 10.1. The number of nitrogens with zero attached hydrogens (tertiary/aromatic N) is 2. The number of amides is 1. The van der Waals surface area contributed by atoms with E-state index < -0.39 is 0 Å². The highest BCUT2D eigenvalue weighted by atomic mass is 19.1. The van der Waals surface area contributed by atoms with Crippen molar-refractivity contribution in [3.63, 3.8) is 0 Å². The van der Waals surface area contributed by atoms with Crippen LogP contribution >= 0.6 is 0 Å². The zero-order valence-electron chi connectivity index (χ0n) is 11.4. The summed E-state index contributed by atoms with van der Waals surface area (Å²) in [5, 5.41) is 0. The molecule has 108 valence electrons. The number of ether oxygens (including phenoxy) is 1. The van der Waals surface area contributed by atoms with Gasteiger partial charge in [0.25, 0.3) is 5.91 Å². The minimum Gasteiger partial charge on any atom is -0.368 e. The summed E-state index contributed by atoms with van der Waals surface area (Å²) < 4.78 is 18.6. The van der Waals surface area contributed by atoms with E-state index in [1.807, 2.05) is 18.2 Å². The smallest absolute Gasteiger partial charge is 0.254 e. The van der Waals surface area contributed by atoms with Crippen LogP contribution in [0.4, 0.5) is 4.39 Å². The maximum absolute atomic E-state index is 12.9. The van der Waals surface area contributed by atoms with E-state index in [4.69, 9.17) is 4.74 Å². The van der Waals surface area contributed by atoms with Gasteiger partial charge >= 0.3 is 0 Å². The second kappa shape index (κ2) is 6.01. The van der Waals surface area contributed by atoms with Crippen molar-refractivity contribution in [3.05, 3.63) is 65.7 Å². The maximum Gasteiger partial charge on any atom is 0.254 e. The third-order valence-corrected chi connectivity index (χ3v) is 3.46. The van der Waals surface area contributed by atoms with Crippen LogP contribution in [0.1, 0.15) is 22.2 Å². The van der Waals surface area contributed by atoms with Crippen molar-refractivity contribution in [1.82, 2.24) is 9.88 Å². The van der Waals surface area contributed by atoms with Crippen LogP contribution in [0.2, 0.25) is 0 Å². The number of morpholine rings is 1. The van der Waals surface area contributed by atoms with Crippen molar-refractivity contribution in [1.29, 1.82) is 0 Å². The summed E-state index contributed by atoms with van der Waals surface area (Å²) in [7, 11) is 0. The molecule has 1 aliphatic rings. The number of aromatic nitrogens is 1. The predicted octanol–water partition coefficient (Wildman–Crippen LogP) is 2.43. The van der Waals surface area contributed by atoms with Crippen LogP contribution in [0.3, 0.4) is 0 Å². The molecule has 1 fully saturated rings. The molecule has 0 N–H and O–H groups in total. The van der Waals surface area contributed by atoms with Gasteiger partial charge in [0.1, 0.15) is 11.9 Å². The summed E-state index contributed by atoms with van der Waals surface area (Å²) in [6.45, 7) is 1.45. The third-order valence-electron chi connectivity index (χ3n) is 3.46. The first-order chi connectivity index (χ1) is 10.2. The Morgan fingerprint density at radius 3 is 2.76 bits per heavy atom. The van der Waals surface area contributed by atoms with Gasteiger partial charge in [-0.1, -0.05) is 6.07 Å². The van der Waals surface area contributed by atoms with E-state index in [9.17, 15) is 9.18 Å². The van der Waals surface area contributed by atoms with E-state index in [2.05, 4.69) is 4.98 Å². The topological polar surface area (TPSA) is 42.4 Å². The monoisotopic (exact) mass is 286 g/mol. The van der Waals surface area contributed by atoms with E-state index in [0.29, 0.717) is 25.3 Å². The molecule has 1 aliphatic heterocycles. The molecule has 1 saturated heterocycles. The minimum atomic E-state index is -0.347. The Morgan fingerprint density at radius 2 is 2.05 bits per heavy atom. The molecule has 21 heavy (non-hydrogen) atoms. The van der Waals surface area contributed by atoms with Gasteiger partial charge < -0.3 is 9.64 Å². The quantitative estimate of drug-likeness (QED) is 0.851. The molecule has 1 amide bonds. The fourth-order valence-electron chi connectivity index (χ4n) is 2.35. The number of pyridine rings is 1. The van der Waals surface area contributed by atoms with E-state index in [1.165, 1.54) is 24.3 Å². The first kappa shape index (κ1) is 13.7. The Kier molecular flexibility index (Phi) is 3.92. The van der Waals surface area contributed by atoms with Gasteiger partial charge in [-0.25, -0.2) is 4.39 Å². The molecular weight excluding hydrogens is 271 g/mol. The lowest BCUT2D eigenvalue weighted by Crippen LogP contribution is -2.42. The molecular formula is C16H15FN2O2. The zero-order valence-corrected chi connectivity index (χ0v) is 11.4. The largest absolute Gasteiger partial charge is 0.368 e. The van der Waals surface area contributed by atoms with E-state index in [0.717, 1.165) is 5.69 Å². The Hall–Kier alpha value is -2.27. The maximum atomic E-state index is 12.9. The molecule has 3 rings (SSSR count). The molecule has 0 spiro atoms. The number of carbonyl (C=O) groups excluding carboxylic acids is 1. The Balaban J connectivity index is 1.74. The molecule has 0 radical (unpaired) electrons. The van der Waals surface area contributed by atoms with Crippen LogP contribution in [0.15, 0.2) is 48.7 Å². The van der Waals surface area contributed by atoms with Crippen LogP contribution in [-0.2, 0) is 4.74 Å². The van der Waals surface area contributed by atoms with Crippen molar-refractivity contribution in [2.75, 3.05) is 19.7 Å². The zero-order chi connectivity index (χ0) is 14.7. The molecule has 0 saturated carbocycles. The fraction of sp³-hybridized carbons (Fsp3) is 0.250. The Labute approximate surface area is 122 Å². The Bertz CT molecular complexity index is 616. The molecule has 1 aromatic heterocycles. The molecule has 2 heterocycles. The first-order valence-electron chi connectivity index (χ1n) is 6.81. The highest BCUT2D eigenvalue weighted by Crippen LogP contribution is 2.21. The SMILES string of the molecule is O=C(c1ccc(F)cc1)N1CCO[C@@H](c2ccccn2)C1. The lowest BCUT2D eigenvalue weighted by Gasteiger charge is -2.32. The highest BCUT2D eigenvalue weighted by Gasteiger charge is 2.26. The molecule has 1 atom stereocenters. The third kappa shape index (κ3) is 3.08. The number of hydrogen-bond acceptors (Lipinski definition) is 3.